The lowest BCUT2D eigenvalue weighted by Crippen LogP contribution is -2.38. The normalized spacial score (nSPS) is 12.9. The van der Waals surface area contributed by atoms with Crippen molar-refractivity contribution < 1.29 is 19.0 Å². The lowest BCUT2D eigenvalue weighted by Gasteiger charge is -2.22. The van der Waals surface area contributed by atoms with E-state index in [-0.39, 0.29) is 11.9 Å². The van der Waals surface area contributed by atoms with Gasteiger partial charge < -0.3 is 19.5 Å². The second-order valence-corrected chi connectivity index (χ2v) is 7.76. The maximum atomic E-state index is 12.8. The van der Waals surface area contributed by atoms with Gasteiger partial charge in [-0.25, -0.2) is 0 Å². The molecule has 1 amide bonds. The molecule has 2 atom stereocenters. The molecule has 0 bridgehead atoms. The maximum Gasteiger partial charge on any atom is 0.261 e. The van der Waals surface area contributed by atoms with Crippen molar-refractivity contribution in [2.45, 2.75) is 66.5 Å². The van der Waals surface area contributed by atoms with Gasteiger partial charge in [0.05, 0.1) is 19.3 Å². The molecule has 164 valence electrons. The van der Waals surface area contributed by atoms with Crippen LogP contribution in [0.5, 0.6) is 17.2 Å². The van der Waals surface area contributed by atoms with Crippen LogP contribution < -0.4 is 19.5 Å². The molecule has 0 saturated carbocycles. The van der Waals surface area contributed by atoms with Crippen LogP contribution in [0.15, 0.2) is 36.4 Å². The highest BCUT2D eigenvalue weighted by Gasteiger charge is 2.20. The van der Waals surface area contributed by atoms with Gasteiger partial charge in [-0.3, -0.25) is 4.79 Å². The number of carbonyl (C=O) groups is 1. The summed E-state index contributed by atoms with van der Waals surface area (Å²) >= 11 is 0. The van der Waals surface area contributed by atoms with Gasteiger partial charge in [-0.15, -0.1) is 0 Å². The summed E-state index contributed by atoms with van der Waals surface area (Å²) in [6.45, 7) is 15.0. The average molecular weight is 414 g/mol. The summed E-state index contributed by atoms with van der Waals surface area (Å²) in [5, 5.41) is 3.04. The van der Waals surface area contributed by atoms with Crippen LogP contribution in [0.25, 0.3) is 0 Å². The van der Waals surface area contributed by atoms with Gasteiger partial charge in [0.15, 0.2) is 17.6 Å². The molecule has 2 aromatic carbocycles. The first-order valence-corrected chi connectivity index (χ1v) is 10.7. The van der Waals surface area contributed by atoms with E-state index in [9.17, 15) is 4.79 Å². The largest absolute Gasteiger partial charge is 0.490 e. The third-order valence-corrected chi connectivity index (χ3v) is 4.89. The molecule has 1 N–H and O–H groups in total. The second-order valence-electron chi connectivity index (χ2n) is 7.76. The monoisotopic (exact) mass is 413 g/mol. The van der Waals surface area contributed by atoms with Crippen molar-refractivity contribution in [3.8, 4) is 17.2 Å². The molecule has 2 rings (SSSR count). The van der Waals surface area contributed by atoms with Crippen LogP contribution in [0.3, 0.4) is 0 Å². The first-order valence-electron chi connectivity index (χ1n) is 10.7. The fourth-order valence-electron chi connectivity index (χ4n) is 3.22. The summed E-state index contributed by atoms with van der Waals surface area (Å²) in [4.78, 5) is 12.8. The quantitative estimate of drug-likeness (QED) is 0.554. The van der Waals surface area contributed by atoms with Gasteiger partial charge in [-0.05, 0) is 75.4 Å². The fraction of sp³-hybridized carbons (Fsp3) is 0.480. The summed E-state index contributed by atoms with van der Waals surface area (Å²) in [5.74, 6) is 2.31. The third kappa shape index (κ3) is 6.15. The standard InChI is InChI=1S/C25H35NO4/c1-8-28-22-13-11-20(15-24(22)29-9-2)18(6)26-25(27)19(7)30-23-14-17(5)10-12-21(23)16(3)4/h10-16,18-19H,8-9H2,1-7H3,(H,26,27)/t18-,19-/m0/s1. The van der Waals surface area contributed by atoms with Crippen molar-refractivity contribution in [1.29, 1.82) is 0 Å². The topological polar surface area (TPSA) is 56.8 Å². The lowest BCUT2D eigenvalue weighted by atomic mass is 10.0. The number of amides is 1. The summed E-state index contributed by atoms with van der Waals surface area (Å²) in [6.07, 6.45) is -0.610. The molecule has 2 aromatic rings. The first kappa shape index (κ1) is 23.6. The van der Waals surface area contributed by atoms with E-state index in [4.69, 9.17) is 14.2 Å². The Bertz CT molecular complexity index is 847. The Labute approximate surface area is 180 Å². The third-order valence-electron chi connectivity index (χ3n) is 4.89. The van der Waals surface area contributed by atoms with Crippen LogP contribution in [0, 0.1) is 6.92 Å². The van der Waals surface area contributed by atoms with Gasteiger partial charge in [0.1, 0.15) is 5.75 Å². The van der Waals surface area contributed by atoms with E-state index in [1.165, 1.54) is 0 Å². The van der Waals surface area contributed by atoms with Crippen LogP contribution in [0.1, 0.15) is 70.2 Å². The Morgan fingerprint density at radius 2 is 1.57 bits per heavy atom. The molecule has 0 unspecified atom stereocenters. The minimum atomic E-state index is -0.610. The lowest BCUT2D eigenvalue weighted by molar-refractivity contribution is -0.127. The van der Waals surface area contributed by atoms with E-state index in [1.807, 2.05) is 52.0 Å². The fourth-order valence-corrected chi connectivity index (χ4v) is 3.22. The van der Waals surface area contributed by atoms with E-state index in [0.717, 1.165) is 22.4 Å². The van der Waals surface area contributed by atoms with Gasteiger partial charge in [0, 0.05) is 0 Å². The Morgan fingerprint density at radius 1 is 0.900 bits per heavy atom. The molecule has 0 aromatic heterocycles. The number of benzene rings is 2. The van der Waals surface area contributed by atoms with Gasteiger partial charge in [0.2, 0.25) is 0 Å². The van der Waals surface area contributed by atoms with Crippen molar-refractivity contribution in [2.75, 3.05) is 13.2 Å². The number of hydrogen-bond acceptors (Lipinski definition) is 4. The smallest absolute Gasteiger partial charge is 0.261 e. The summed E-state index contributed by atoms with van der Waals surface area (Å²) in [7, 11) is 0. The summed E-state index contributed by atoms with van der Waals surface area (Å²) < 4.78 is 17.4. The van der Waals surface area contributed by atoms with Gasteiger partial charge in [0.25, 0.3) is 5.91 Å². The van der Waals surface area contributed by atoms with E-state index >= 15 is 0 Å². The molecular formula is C25H35NO4. The summed E-state index contributed by atoms with van der Waals surface area (Å²) in [5.41, 5.74) is 3.15. The number of ether oxygens (including phenoxy) is 3. The number of rotatable bonds is 10. The summed E-state index contributed by atoms with van der Waals surface area (Å²) in [6, 6.07) is 11.7. The molecule has 5 heteroatoms. The van der Waals surface area contributed by atoms with Crippen molar-refractivity contribution in [1.82, 2.24) is 5.32 Å². The van der Waals surface area contributed by atoms with Crippen LogP contribution >= 0.6 is 0 Å². The van der Waals surface area contributed by atoms with Crippen molar-refractivity contribution >= 4 is 5.91 Å². The molecule has 0 spiro atoms. The molecule has 0 fully saturated rings. The Hall–Kier alpha value is -2.69. The SMILES string of the molecule is CCOc1ccc([C@H](C)NC(=O)[C@H](C)Oc2cc(C)ccc2C(C)C)cc1OCC. The maximum absolute atomic E-state index is 12.8. The predicted octanol–water partition coefficient (Wildman–Crippen LogP) is 5.56. The molecule has 0 radical (unpaired) electrons. The number of hydrogen-bond donors (Lipinski definition) is 1. The molecular weight excluding hydrogens is 378 g/mol. The van der Waals surface area contributed by atoms with Crippen LogP contribution in [0.4, 0.5) is 0 Å². The Kier molecular flexibility index (Phi) is 8.58. The number of carbonyl (C=O) groups excluding carboxylic acids is 1. The van der Waals surface area contributed by atoms with Crippen molar-refractivity contribution in [2.24, 2.45) is 0 Å². The second kappa shape index (κ2) is 10.9. The molecule has 0 aliphatic carbocycles. The number of aryl methyl sites for hydroxylation is 1. The van der Waals surface area contributed by atoms with E-state index in [2.05, 4.69) is 31.3 Å². The van der Waals surface area contributed by atoms with Crippen molar-refractivity contribution in [3.05, 3.63) is 53.1 Å². The number of nitrogens with one attached hydrogen (secondary N) is 1. The van der Waals surface area contributed by atoms with Gasteiger partial charge >= 0.3 is 0 Å². The van der Waals surface area contributed by atoms with E-state index in [0.29, 0.717) is 30.6 Å². The highest BCUT2D eigenvalue weighted by molar-refractivity contribution is 5.81. The molecule has 5 nitrogen and oxygen atoms in total. The zero-order valence-corrected chi connectivity index (χ0v) is 19.2. The van der Waals surface area contributed by atoms with Gasteiger partial charge in [-0.2, -0.15) is 0 Å². The molecule has 0 heterocycles. The zero-order chi connectivity index (χ0) is 22.3. The van der Waals surface area contributed by atoms with Crippen LogP contribution in [0.2, 0.25) is 0 Å². The van der Waals surface area contributed by atoms with Gasteiger partial charge in [-0.1, -0.05) is 32.0 Å². The van der Waals surface area contributed by atoms with E-state index < -0.39 is 6.10 Å². The highest BCUT2D eigenvalue weighted by Crippen LogP contribution is 2.31. The molecule has 0 aliphatic heterocycles. The van der Waals surface area contributed by atoms with Crippen molar-refractivity contribution in [3.63, 3.8) is 0 Å². The predicted molar refractivity (Wildman–Crippen MR) is 121 cm³/mol. The molecule has 30 heavy (non-hydrogen) atoms. The van der Waals surface area contributed by atoms with Crippen LogP contribution in [-0.4, -0.2) is 25.2 Å². The van der Waals surface area contributed by atoms with Crippen LogP contribution in [-0.2, 0) is 4.79 Å². The molecule has 0 aliphatic rings. The minimum absolute atomic E-state index is 0.162. The minimum Gasteiger partial charge on any atom is -0.490 e. The Morgan fingerprint density at radius 3 is 2.20 bits per heavy atom. The highest BCUT2D eigenvalue weighted by atomic mass is 16.5. The molecule has 0 saturated heterocycles. The first-order chi connectivity index (χ1) is 14.3. The van der Waals surface area contributed by atoms with E-state index in [1.54, 1.807) is 6.92 Å². The average Bonchev–Trinajstić information content (AvgIpc) is 2.69. The zero-order valence-electron chi connectivity index (χ0n) is 19.2. The Balaban J connectivity index is 2.10.